The van der Waals surface area contributed by atoms with E-state index in [1.54, 1.807) is 6.08 Å². The number of halogens is 1. The van der Waals surface area contributed by atoms with Gasteiger partial charge in [-0.15, -0.1) is 0 Å². The van der Waals surface area contributed by atoms with Crippen molar-refractivity contribution in [2.45, 2.75) is 31.0 Å². The monoisotopic (exact) mass is 204 g/mol. The molecule has 0 aromatic rings. The van der Waals surface area contributed by atoms with Gasteiger partial charge in [0.15, 0.2) is 0 Å². The largest absolute Gasteiger partial charge is 0.299 e. The molecule has 0 saturated heterocycles. The molecule has 0 spiro atoms. The molecule has 0 amide bonds. The lowest BCUT2D eigenvalue weighted by Gasteiger charge is -2.01. The van der Waals surface area contributed by atoms with E-state index in [-0.39, 0.29) is 0 Å². The Morgan fingerprint density at radius 3 is 2.80 bits per heavy atom. The molecule has 0 bridgehead atoms. The van der Waals surface area contributed by atoms with Crippen LogP contribution >= 0.6 is 15.9 Å². The van der Waals surface area contributed by atoms with Crippen molar-refractivity contribution in [2.75, 3.05) is 0 Å². The van der Waals surface area contributed by atoms with E-state index in [4.69, 9.17) is 0 Å². The molecule has 10 heavy (non-hydrogen) atoms. The molecule has 0 aromatic heterocycles. The number of carbonyl (C=O) groups excluding carboxylic acids is 1. The summed E-state index contributed by atoms with van der Waals surface area (Å²) in [6, 6.07) is 0. The molecule has 0 aromatic carbocycles. The van der Waals surface area contributed by atoms with E-state index in [0.29, 0.717) is 4.83 Å². The lowest BCUT2D eigenvalue weighted by atomic mass is 10.2. The normalized spacial score (nSPS) is 13.8. The molecule has 0 aliphatic rings. The summed E-state index contributed by atoms with van der Waals surface area (Å²) in [6.07, 6.45) is 7.55. The third-order valence-electron chi connectivity index (χ3n) is 1.21. The maximum atomic E-state index is 9.84. The highest BCUT2D eigenvalue weighted by Gasteiger charge is 1.97. The van der Waals surface area contributed by atoms with Gasteiger partial charge in [-0.3, -0.25) is 4.79 Å². The van der Waals surface area contributed by atoms with Crippen LogP contribution in [0.25, 0.3) is 0 Å². The van der Waals surface area contributed by atoms with Crippen LogP contribution < -0.4 is 0 Å². The lowest BCUT2D eigenvalue weighted by molar-refractivity contribution is -0.104. The number of rotatable bonds is 5. The number of carbonyl (C=O) groups is 1. The van der Waals surface area contributed by atoms with Gasteiger partial charge in [0.2, 0.25) is 0 Å². The Bertz CT molecular complexity index is 110. The zero-order chi connectivity index (χ0) is 7.82. The Morgan fingerprint density at radius 1 is 1.60 bits per heavy atom. The van der Waals surface area contributed by atoms with Gasteiger partial charge in [-0.25, -0.2) is 0 Å². The summed E-state index contributed by atoms with van der Waals surface area (Å²) in [5, 5.41) is 0. The second-order valence-electron chi connectivity index (χ2n) is 2.19. The molecule has 58 valence electrons. The fourth-order valence-electron chi connectivity index (χ4n) is 0.713. The van der Waals surface area contributed by atoms with E-state index in [1.165, 1.54) is 12.8 Å². The molecule has 0 saturated carbocycles. The fourth-order valence-corrected chi connectivity index (χ4v) is 1.39. The van der Waals surface area contributed by atoms with Crippen molar-refractivity contribution in [3.8, 4) is 0 Å². The van der Waals surface area contributed by atoms with Crippen LogP contribution in [0.1, 0.15) is 26.2 Å². The predicted octanol–water partition coefficient (Wildman–Crippen LogP) is 2.70. The highest BCUT2D eigenvalue weighted by Crippen LogP contribution is 2.11. The second-order valence-corrected chi connectivity index (χ2v) is 3.48. The quantitative estimate of drug-likeness (QED) is 0.383. The van der Waals surface area contributed by atoms with Crippen LogP contribution in [0, 0.1) is 0 Å². The van der Waals surface area contributed by atoms with Crippen LogP contribution in [0.4, 0.5) is 0 Å². The number of aldehydes is 1. The maximum Gasteiger partial charge on any atom is 0.142 e. The van der Waals surface area contributed by atoms with Crippen LogP contribution in [0.15, 0.2) is 12.2 Å². The highest BCUT2D eigenvalue weighted by molar-refractivity contribution is 9.09. The lowest BCUT2D eigenvalue weighted by Crippen LogP contribution is -1.93. The third kappa shape index (κ3) is 6.02. The predicted molar refractivity (Wildman–Crippen MR) is 47.4 cm³/mol. The number of alkyl halides is 1. The first-order valence-corrected chi connectivity index (χ1v) is 4.47. The Balaban J connectivity index is 3.28. The topological polar surface area (TPSA) is 17.1 Å². The van der Waals surface area contributed by atoms with Gasteiger partial charge in [0.25, 0.3) is 0 Å². The molecule has 0 fully saturated rings. The highest BCUT2D eigenvalue weighted by atomic mass is 79.9. The zero-order valence-corrected chi connectivity index (χ0v) is 7.80. The molecule has 0 heterocycles. The van der Waals surface area contributed by atoms with Crippen molar-refractivity contribution in [3.63, 3.8) is 0 Å². The number of hydrogen-bond acceptors (Lipinski definition) is 1. The first-order chi connectivity index (χ1) is 4.81. The van der Waals surface area contributed by atoms with E-state index < -0.39 is 0 Å². The zero-order valence-electron chi connectivity index (χ0n) is 6.22. The third-order valence-corrected chi connectivity index (χ3v) is 2.04. The minimum atomic E-state index is 0.536. The molecule has 1 atom stereocenters. The minimum Gasteiger partial charge on any atom is -0.299 e. The molecule has 1 nitrogen and oxygen atoms in total. The maximum absolute atomic E-state index is 9.84. The Labute approximate surface area is 70.6 Å². The number of hydrogen-bond donors (Lipinski definition) is 0. The molecule has 0 aliphatic heterocycles. The molecule has 0 radical (unpaired) electrons. The summed E-state index contributed by atoms with van der Waals surface area (Å²) in [4.78, 5) is 10.4. The molecule has 1 unspecified atom stereocenters. The fraction of sp³-hybridized carbons (Fsp3) is 0.625. The smallest absolute Gasteiger partial charge is 0.142 e. The average Bonchev–Trinajstić information content (AvgIpc) is 1.89. The summed E-state index contributed by atoms with van der Waals surface area (Å²) in [7, 11) is 0. The van der Waals surface area contributed by atoms with Gasteiger partial charge in [0.05, 0.1) is 0 Å². The van der Waals surface area contributed by atoms with Gasteiger partial charge in [0.1, 0.15) is 6.29 Å². The van der Waals surface area contributed by atoms with Crippen molar-refractivity contribution < 1.29 is 4.79 Å². The summed E-state index contributed by atoms with van der Waals surface area (Å²) in [5.74, 6) is 0. The van der Waals surface area contributed by atoms with Crippen molar-refractivity contribution in [3.05, 3.63) is 12.2 Å². The minimum absolute atomic E-state index is 0.536. The molecular formula is C8H13BrO. The van der Waals surface area contributed by atoms with Crippen LogP contribution in [0.2, 0.25) is 0 Å². The van der Waals surface area contributed by atoms with Crippen LogP contribution in [0.3, 0.4) is 0 Å². The molecule has 0 N–H and O–H groups in total. The van der Waals surface area contributed by atoms with Crippen LogP contribution in [-0.2, 0) is 4.79 Å². The molecule has 2 heteroatoms. The van der Waals surface area contributed by atoms with E-state index >= 15 is 0 Å². The standard InChI is InChI=1S/C8H13BrO/c1-2-5-8(9)6-3-4-7-10/h3-4,7-8H,2,5-6H2,1H3. The van der Waals surface area contributed by atoms with Crippen molar-refractivity contribution in [2.24, 2.45) is 0 Å². The summed E-state index contributed by atoms with van der Waals surface area (Å²) >= 11 is 3.50. The summed E-state index contributed by atoms with van der Waals surface area (Å²) < 4.78 is 0. The molecular weight excluding hydrogens is 192 g/mol. The number of allylic oxidation sites excluding steroid dienone is 2. The Morgan fingerprint density at radius 2 is 2.30 bits per heavy atom. The van der Waals surface area contributed by atoms with Gasteiger partial charge in [-0.1, -0.05) is 35.4 Å². The molecule has 0 rings (SSSR count). The van der Waals surface area contributed by atoms with E-state index in [0.717, 1.165) is 12.7 Å². The van der Waals surface area contributed by atoms with Crippen molar-refractivity contribution in [1.82, 2.24) is 0 Å². The van der Waals surface area contributed by atoms with Gasteiger partial charge < -0.3 is 0 Å². The van der Waals surface area contributed by atoms with Crippen LogP contribution in [0.5, 0.6) is 0 Å². The summed E-state index contributed by atoms with van der Waals surface area (Å²) in [6.45, 7) is 2.15. The van der Waals surface area contributed by atoms with Gasteiger partial charge in [-0.05, 0) is 18.9 Å². The van der Waals surface area contributed by atoms with Gasteiger partial charge in [-0.2, -0.15) is 0 Å². The Hall–Kier alpha value is -0.110. The SMILES string of the molecule is CCCC(Br)CC=CC=O. The Kier molecular flexibility index (Phi) is 6.93. The van der Waals surface area contributed by atoms with Crippen LogP contribution in [-0.4, -0.2) is 11.1 Å². The van der Waals surface area contributed by atoms with E-state index in [9.17, 15) is 4.79 Å². The first-order valence-electron chi connectivity index (χ1n) is 3.55. The first kappa shape index (κ1) is 9.89. The van der Waals surface area contributed by atoms with Crippen molar-refractivity contribution in [1.29, 1.82) is 0 Å². The van der Waals surface area contributed by atoms with Crippen molar-refractivity contribution >= 4 is 22.2 Å². The average molecular weight is 205 g/mol. The van der Waals surface area contributed by atoms with Gasteiger partial charge >= 0.3 is 0 Å². The second kappa shape index (κ2) is 7.00. The van der Waals surface area contributed by atoms with E-state index in [2.05, 4.69) is 22.9 Å². The van der Waals surface area contributed by atoms with Gasteiger partial charge in [0, 0.05) is 4.83 Å². The van der Waals surface area contributed by atoms with E-state index in [1.807, 2.05) is 6.08 Å². The molecule has 0 aliphatic carbocycles. The summed E-state index contributed by atoms with van der Waals surface area (Å²) in [5.41, 5.74) is 0.